The van der Waals surface area contributed by atoms with Gasteiger partial charge in [0, 0.05) is 12.1 Å². The smallest absolute Gasteiger partial charge is 0.410 e. The van der Waals surface area contributed by atoms with Gasteiger partial charge in [0.05, 0.1) is 6.04 Å². The molecule has 1 aliphatic heterocycles. The summed E-state index contributed by atoms with van der Waals surface area (Å²) in [6.45, 7) is 10.3. The number of hydrogen-bond acceptors (Lipinski definition) is 3. The second kappa shape index (κ2) is 4.24. The van der Waals surface area contributed by atoms with Crippen molar-refractivity contribution in [1.29, 1.82) is 0 Å². The van der Waals surface area contributed by atoms with Gasteiger partial charge in [0.1, 0.15) is 5.60 Å². The fourth-order valence-electron chi connectivity index (χ4n) is 2.08. The second-order valence-corrected chi connectivity index (χ2v) is 6.15. The molecule has 1 heterocycles. The number of carbonyl (C=O) groups excluding carboxylic acids is 1. The predicted molar refractivity (Wildman–Crippen MR) is 64.2 cm³/mol. The van der Waals surface area contributed by atoms with Crippen molar-refractivity contribution < 1.29 is 9.53 Å². The maximum absolute atomic E-state index is 12.0. The van der Waals surface area contributed by atoms with Gasteiger partial charge in [0.15, 0.2) is 0 Å². The van der Waals surface area contributed by atoms with Crippen molar-refractivity contribution in [3.8, 4) is 0 Å². The van der Waals surface area contributed by atoms with Crippen LogP contribution in [0.2, 0.25) is 0 Å². The molecule has 0 aromatic carbocycles. The summed E-state index contributed by atoms with van der Waals surface area (Å²) >= 11 is 0. The molecule has 0 spiro atoms. The van der Waals surface area contributed by atoms with Crippen molar-refractivity contribution in [2.75, 3.05) is 6.54 Å². The van der Waals surface area contributed by atoms with E-state index in [1.165, 1.54) is 0 Å². The fourth-order valence-corrected chi connectivity index (χ4v) is 2.08. The summed E-state index contributed by atoms with van der Waals surface area (Å²) in [5, 5.41) is 0. The summed E-state index contributed by atoms with van der Waals surface area (Å²) in [6.07, 6.45) is 1.72. The molecular formula is C12H24N2O2. The number of likely N-dealkylation sites (tertiary alicyclic amines) is 1. The Hall–Kier alpha value is -0.770. The highest BCUT2D eigenvalue weighted by atomic mass is 16.6. The van der Waals surface area contributed by atoms with E-state index < -0.39 is 5.60 Å². The van der Waals surface area contributed by atoms with E-state index in [-0.39, 0.29) is 17.7 Å². The van der Waals surface area contributed by atoms with Crippen molar-refractivity contribution in [3.05, 3.63) is 0 Å². The summed E-state index contributed by atoms with van der Waals surface area (Å²) in [5.74, 6) is 0. The average molecular weight is 228 g/mol. The van der Waals surface area contributed by atoms with Gasteiger partial charge in [-0.2, -0.15) is 0 Å². The standard InChI is InChI=1S/C12H24N2O2/c1-11(2,3)16-10(15)14-8-6-7-9(14)12(4,5)13/h9H,6-8,13H2,1-5H3. The predicted octanol–water partition coefficient (Wildman–Crippen LogP) is 2.12. The number of ether oxygens (including phenoxy) is 1. The van der Waals surface area contributed by atoms with E-state index in [9.17, 15) is 4.79 Å². The van der Waals surface area contributed by atoms with Crippen LogP contribution in [0.4, 0.5) is 4.79 Å². The number of nitrogens with zero attached hydrogens (tertiary/aromatic N) is 1. The molecule has 4 nitrogen and oxygen atoms in total. The monoisotopic (exact) mass is 228 g/mol. The lowest BCUT2D eigenvalue weighted by molar-refractivity contribution is 0.0172. The van der Waals surface area contributed by atoms with Crippen molar-refractivity contribution in [3.63, 3.8) is 0 Å². The zero-order valence-corrected chi connectivity index (χ0v) is 11.0. The summed E-state index contributed by atoms with van der Waals surface area (Å²) in [5.41, 5.74) is 5.27. The highest BCUT2D eigenvalue weighted by Crippen LogP contribution is 2.26. The molecule has 1 saturated heterocycles. The van der Waals surface area contributed by atoms with Crippen LogP contribution in [0.5, 0.6) is 0 Å². The molecule has 1 unspecified atom stereocenters. The molecule has 0 aliphatic carbocycles. The highest BCUT2D eigenvalue weighted by molar-refractivity contribution is 5.69. The first-order chi connectivity index (χ1) is 7.11. The zero-order valence-electron chi connectivity index (χ0n) is 11.0. The van der Waals surface area contributed by atoms with E-state index in [2.05, 4.69) is 0 Å². The van der Waals surface area contributed by atoms with Crippen LogP contribution in [0, 0.1) is 0 Å². The largest absolute Gasteiger partial charge is 0.444 e. The molecule has 0 aromatic rings. The lowest BCUT2D eigenvalue weighted by atomic mass is 9.94. The Labute approximate surface area is 98.1 Å². The van der Waals surface area contributed by atoms with Crippen LogP contribution >= 0.6 is 0 Å². The van der Waals surface area contributed by atoms with Crippen molar-refractivity contribution in [2.24, 2.45) is 5.73 Å². The zero-order chi connectivity index (χ0) is 12.6. The Balaban J connectivity index is 2.69. The molecule has 1 rings (SSSR count). The maximum Gasteiger partial charge on any atom is 0.410 e. The van der Waals surface area contributed by atoms with Crippen LogP contribution in [-0.2, 0) is 4.74 Å². The minimum Gasteiger partial charge on any atom is -0.444 e. The second-order valence-electron chi connectivity index (χ2n) is 6.15. The number of rotatable bonds is 1. The van der Waals surface area contributed by atoms with E-state index in [0.717, 1.165) is 19.4 Å². The topological polar surface area (TPSA) is 55.6 Å². The summed E-state index contributed by atoms with van der Waals surface area (Å²) in [4.78, 5) is 13.7. The number of hydrogen-bond donors (Lipinski definition) is 1. The molecule has 1 amide bonds. The first-order valence-corrected chi connectivity index (χ1v) is 5.90. The van der Waals surface area contributed by atoms with Gasteiger partial charge in [0.25, 0.3) is 0 Å². The average Bonchev–Trinajstić information content (AvgIpc) is 2.45. The van der Waals surface area contributed by atoms with Crippen LogP contribution in [0.15, 0.2) is 0 Å². The Morgan fingerprint density at radius 1 is 1.31 bits per heavy atom. The maximum atomic E-state index is 12.0. The molecule has 0 aromatic heterocycles. The Morgan fingerprint density at radius 3 is 2.31 bits per heavy atom. The molecule has 94 valence electrons. The fraction of sp³-hybridized carbons (Fsp3) is 0.917. The Morgan fingerprint density at radius 2 is 1.88 bits per heavy atom. The Kier molecular flexibility index (Phi) is 3.53. The minimum absolute atomic E-state index is 0.0855. The van der Waals surface area contributed by atoms with E-state index in [1.54, 1.807) is 4.90 Å². The van der Waals surface area contributed by atoms with Gasteiger partial charge in [0.2, 0.25) is 0 Å². The highest BCUT2D eigenvalue weighted by Gasteiger charge is 2.39. The quantitative estimate of drug-likeness (QED) is 0.748. The van der Waals surface area contributed by atoms with E-state index >= 15 is 0 Å². The number of carbonyl (C=O) groups is 1. The van der Waals surface area contributed by atoms with E-state index in [1.807, 2.05) is 34.6 Å². The van der Waals surface area contributed by atoms with Gasteiger partial charge < -0.3 is 15.4 Å². The van der Waals surface area contributed by atoms with Crippen LogP contribution in [0.1, 0.15) is 47.5 Å². The van der Waals surface area contributed by atoms with Crippen LogP contribution in [0.3, 0.4) is 0 Å². The van der Waals surface area contributed by atoms with Gasteiger partial charge in [-0.05, 0) is 47.5 Å². The third kappa shape index (κ3) is 3.37. The molecule has 1 atom stereocenters. The normalized spacial score (nSPS) is 22.4. The lowest BCUT2D eigenvalue weighted by Gasteiger charge is -2.35. The third-order valence-corrected chi connectivity index (χ3v) is 2.74. The first-order valence-electron chi connectivity index (χ1n) is 5.90. The van der Waals surface area contributed by atoms with Crippen molar-refractivity contribution in [1.82, 2.24) is 4.90 Å². The summed E-state index contributed by atoms with van der Waals surface area (Å²) < 4.78 is 5.38. The van der Waals surface area contributed by atoms with Crippen molar-refractivity contribution >= 4 is 6.09 Å². The molecule has 0 saturated carbocycles. The summed E-state index contributed by atoms with van der Waals surface area (Å²) in [7, 11) is 0. The van der Waals surface area contributed by atoms with Crippen LogP contribution in [-0.4, -0.2) is 34.7 Å². The molecule has 1 fully saturated rings. The van der Waals surface area contributed by atoms with E-state index in [0.29, 0.717) is 0 Å². The van der Waals surface area contributed by atoms with Crippen LogP contribution < -0.4 is 5.73 Å². The molecule has 1 aliphatic rings. The van der Waals surface area contributed by atoms with Gasteiger partial charge in [-0.1, -0.05) is 0 Å². The van der Waals surface area contributed by atoms with Crippen molar-refractivity contribution in [2.45, 2.75) is 64.6 Å². The third-order valence-electron chi connectivity index (χ3n) is 2.74. The van der Waals surface area contributed by atoms with Gasteiger partial charge in [-0.3, -0.25) is 0 Å². The first kappa shape index (κ1) is 13.3. The number of nitrogens with two attached hydrogens (primary N) is 1. The molecule has 4 heteroatoms. The SMILES string of the molecule is CC(C)(C)OC(=O)N1CCCC1C(C)(C)N. The van der Waals surface area contributed by atoms with E-state index in [4.69, 9.17) is 10.5 Å². The van der Waals surface area contributed by atoms with Gasteiger partial charge in [-0.15, -0.1) is 0 Å². The van der Waals surface area contributed by atoms with Gasteiger partial charge in [-0.25, -0.2) is 4.79 Å². The molecular weight excluding hydrogens is 204 g/mol. The molecule has 0 bridgehead atoms. The van der Waals surface area contributed by atoms with Crippen LogP contribution in [0.25, 0.3) is 0 Å². The molecule has 16 heavy (non-hydrogen) atoms. The molecule has 2 N–H and O–H groups in total. The molecule has 0 radical (unpaired) electrons. The minimum atomic E-state index is -0.442. The Bertz CT molecular complexity index is 263. The lowest BCUT2D eigenvalue weighted by Crippen LogP contribution is -2.54. The summed E-state index contributed by atoms with van der Waals surface area (Å²) in [6, 6.07) is 0.0855. The van der Waals surface area contributed by atoms with Gasteiger partial charge >= 0.3 is 6.09 Å². The number of amides is 1.